The van der Waals surface area contributed by atoms with Gasteiger partial charge in [0.2, 0.25) is 0 Å². The maximum absolute atomic E-state index is 13.3. The predicted molar refractivity (Wildman–Crippen MR) is 138 cm³/mol. The van der Waals surface area contributed by atoms with E-state index in [1.165, 1.54) is 29.2 Å². The van der Waals surface area contributed by atoms with Crippen molar-refractivity contribution in [2.24, 2.45) is 0 Å². The summed E-state index contributed by atoms with van der Waals surface area (Å²) in [7, 11) is 0. The van der Waals surface area contributed by atoms with E-state index in [-0.39, 0.29) is 28.8 Å². The minimum atomic E-state index is -1.34. The van der Waals surface area contributed by atoms with Crippen LogP contribution in [0, 0.1) is 25.2 Å². The summed E-state index contributed by atoms with van der Waals surface area (Å²) in [6.45, 7) is 6.67. The zero-order valence-electron chi connectivity index (χ0n) is 20.7. The number of pyridine rings is 4. The first-order chi connectivity index (χ1) is 17.5. The number of aromatic nitrogens is 4. The summed E-state index contributed by atoms with van der Waals surface area (Å²) >= 11 is 6.42. The van der Waals surface area contributed by atoms with E-state index >= 15 is 0 Å². The van der Waals surface area contributed by atoms with E-state index in [4.69, 9.17) is 21.6 Å². The number of nitriles is 1. The van der Waals surface area contributed by atoms with Crippen LogP contribution in [0.1, 0.15) is 41.9 Å². The minimum Gasteiger partial charge on any atom is -0.485 e. The summed E-state index contributed by atoms with van der Waals surface area (Å²) in [5.74, 6) is 0.485. The Labute approximate surface area is 217 Å². The van der Waals surface area contributed by atoms with Gasteiger partial charge in [0.15, 0.2) is 0 Å². The number of hydrogen-bond donors (Lipinski definition) is 1. The van der Waals surface area contributed by atoms with Crippen molar-refractivity contribution in [2.75, 3.05) is 0 Å². The van der Waals surface area contributed by atoms with Crippen LogP contribution in [0.3, 0.4) is 0 Å². The van der Waals surface area contributed by atoms with Crippen LogP contribution in [0.4, 0.5) is 0 Å². The van der Waals surface area contributed by atoms with Gasteiger partial charge in [0.1, 0.15) is 29.3 Å². The highest BCUT2D eigenvalue weighted by Crippen LogP contribution is 2.26. The van der Waals surface area contributed by atoms with Crippen LogP contribution in [0.2, 0.25) is 5.02 Å². The van der Waals surface area contributed by atoms with Gasteiger partial charge in [-0.25, -0.2) is 4.98 Å². The molecule has 0 amide bonds. The zero-order chi connectivity index (χ0) is 26.9. The Morgan fingerprint density at radius 2 is 1.86 bits per heavy atom. The molecule has 0 spiro atoms. The van der Waals surface area contributed by atoms with Crippen molar-refractivity contribution in [2.45, 2.75) is 39.9 Å². The normalized spacial score (nSPS) is 11.3. The highest BCUT2D eigenvalue weighted by Gasteiger charge is 2.22. The van der Waals surface area contributed by atoms with E-state index in [9.17, 15) is 14.7 Å². The lowest BCUT2D eigenvalue weighted by Gasteiger charge is -2.19. The lowest BCUT2D eigenvalue weighted by molar-refractivity contribution is 0.0767. The molecule has 4 aromatic heterocycles. The van der Waals surface area contributed by atoms with E-state index < -0.39 is 16.7 Å². The highest BCUT2D eigenvalue weighted by atomic mass is 35.5. The van der Waals surface area contributed by atoms with E-state index in [0.717, 1.165) is 0 Å². The second-order valence-electron chi connectivity index (χ2n) is 9.03. The predicted octanol–water partition coefficient (Wildman–Crippen LogP) is 3.73. The summed E-state index contributed by atoms with van der Waals surface area (Å²) < 4.78 is 8.51. The molecule has 10 heteroatoms. The average Bonchev–Trinajstić information content (AvgIpc) is 2.86. The fourth-order valence-corrected chi connectivity index (χ4v) is 4.02. The monoisotopic (exact) mass is 517 g/mol. The van der Waals surface area contributed by atoms with Crippen molar-refractivity contribution >= 4 is 11.6 Å². The molecular weight excluding hydrogens is 494 g/mol. The number of halogens is 1. The molecule has 0 aliphatic heterocycles. The highest BCUT2D eigenvalue weighted by molar-refractivity contribution is 6.31. The summed E-state index contributed by atoms with van der Waals surface area (Å²) in [5, 5.41) is 19.2. The van der Waals surface area contributed by atoms with Crippen LogP contribution in [0.15, 0.2) is 64.6 Å². The average molecular weight is 518 g/mol. The Morgan fingerprint density at radius 3 is 2.51 bits per heavy atom. The Hall–Kier alpha value is -4.26. The lowest BCUT2D eigenvalue weighted by atomic mass is 10.0. The largest absolute Gasteiger partial charge is 0.485 e. The lowest BCUT2D eigenvalue weighted by Crippen LogP contribution is -2.31. The van der Waals surface area contributed by atoms with E-state index in [1.807, 2.05) is 6.07 Å². The molecule has 188 valence electrons. The molecule has 0 aliphatic rings. The summed E-state index contributed by atoms with van der Waals surface area (Å²) in [6.07, 6.45) is 4.56. The first-order valence-corrected chi connectivity index (χ1v) is 11.7. The summed E-state index contributed by atoms with van der Waals surface area (Å²) in [6, 6.07) is 11.8. The van der Waals surface area contributed by atoms with Crippen LogP contribution in [0.25, 0.3) is 11.5 Å². The SMILES string of the molecule is Cc1cnc(-n2cccc(C(C)(C)O)c2=O)cc1-n1c(C)cc(OCc2ccc(C#N)cn2)c(Cl)c1=O. The van der Waals surface area contributed by atoms with Crippen molar-refractivity contribution in [1.29, 1.82) is 5.26 Å². The molecule has 9 nitrogen and oxygen atoms in total. The molecule has 0 fully saturated rings. The number of rotatable bonds is 6. The molecule has 0 unspecified atom stereocenters. The quantitative estimate of drug-likeness (QED) is 0.413. The second kappa shape index (κ2) is 10.0. The number of nitrogens with zero attached hydrogens (tertiary/aromatic N) is 5. The molecular formula is C27H24ClN5O4. The third-order valence-corrected chi connectivity index (χ3v) is 6.13. The van der Waals surface area contributed by atoms with Gasteiger partial charge in [-0.15, -0.1) is 0 Å². The van der Waals surface area contributed by atoms with E-state index in [2.05, 4.69) is 9.97 Å². The smallest absolute Gasteiger partial charge is 0.277 e. The molecule has 4 heterocycles. The molecule has 0 saturated heterocycles. The van der Waals surface area contributed by atoms with Crippen LogP contribution in [-0.4, -0.2) is 24.2 Å². The second-order valence-corrected chi connectivity index (χ2v) is 9.41. The molecule has 0 radical (unpaired) electrons. The third kappa shape index (κ3) is 5.16. The maximum atomic E-state index is 13.3. The molecule has 0 saturated carbocycles. The molecule has 4 aromatic rings. The van der Waals surface area contributed by atoms with E-state index in [1.54, 1.807) is 62.6 Å². The van der Waals surface area contributed by atoms with Gasteiger partial charge in [0, 0.05) is 42.0 Å². The standard InChI is InChI=1S/C27H24ClN5O4/c1-16-13-31-23(32-9-5-6-20(25(32)34)27(3,4)36)11-21(16)33-17(2)10-22(24(28)26(33)35)37-15-19-8-7-18(12-29)14-30-19/h5-11,13-14,36H,15H2,1-4H3. The van der Waals surface area contributed by atoms with Crippen LogP contribution >= 0.6 is 11.6 Å². The van der Waals surface area contributed by atoms with Crippen molar-refractivity contribution in [3.63, 3.8) is 0 Å². The van der Waals surface area contributed by atoms with Gasteiger partial charge in [-0.05, 0) is 57.5 Å². The molecule has 1 N–H and O–H groups in total. The van der Waals surface area contributed by atoms with Crippen molar-refractivity contribution < 1.29 is 9.84 Å². The first kappa shape index (κ1) is 25.8. The number of ether oxygens (including phenoxy) is 1. The Kier molecular flexibility index (Phi) is 6.99. The van der Waals surface area contributed by atoms with Gasteiger partial charge in [0.05, 0.1) is 22.5 Å². The zero-order valence-corrected chi connectivity index (χ0v) is 21.4. The number of aryl methyl sites for hydroxylation is 2. The van der Waals surface area contributed by atoms with Crippen molar-refractivity contribution in [1.82, 2.24) is 19.1 Å². The number of hydrogen-bond acceptors (Lipinski definition) is 7. The first-order valence-electron chi connectivity index (χ1n) is 11.3. The summed E-state index contributed by atoms with van der Waals surface area (Å²) in [5.41, 5.74) is 0.706. The van der Waals surface area contributed by atoms with Crippen molar-refractivity contribution in [3.05, 3.63) is 109 Å². The van der Waals surface area contributed by atoms with Gasteiger partial charge in [-0.2, -0.15) is 5.26 Å². The van der Waals surface area contributed by atoms with E-state index in [0.29, 0.717) is 28.2 Å². The molecule has 37 heavy (non-hydrogen) atoms. The van der Waals surface area contributed by atoms with Gasteiger partial charge in [-0.1, -0.05) is 11.6 Å². The molecule has 0 aliphatic carbocycles. The Morgan fingerprint density at radius 1 is 1.11 bits per heavy atom. The topological polar surface area (TPSA) is 123 Å². The molecule has 4 rings (SSSR count). The van der Waals surface area contributed by atoms with Gasteiger partial charge in [-0.3, -0.25) is 23.7 Å². The maximum Gasteiger partial charge on any atom is 0.277 e. The fourth-order valence-electron chi connectivity index (χ4n) is 3.83. The fraction of sp³-hybridized carbons (Fsp3) is 0.222. The summed E-state index contributed by atoms with van der Waals surface area (Å²) in [4.78, 5) is 34.9. The van der Waals surface area contributed by atoms with Crippen LogP contribution in [-0.2, 0) is 12.2 Å². The minimum absolute atomic E-state index is 0.0627. The van der Waals surface area contributed by atoms with Crippen LogP contribution < -0.4 is 15.9 Å². The molecule has 0 atom stereocenters. The van der Waals surface area contributed by atoms with Crippen molar-refractivity contribution in [3.8, 4) is 23.3 Å². The Balaban J connectivity index is 1.73. The molecule has 0 aromatic carbocycles. The van der Waals surface area contributed by atoms with Gasteiger partial charge < -0.3 is 9.84 Å². The van der Waals surface area contributed by atoms with Gasteiger partial charge in [0.25, 0.3) is 11.1 Å². The van der Waals surface area contributed by atoms with Crippen LogP contribution in [0.5, 0.6) is 5.75 Å². The Bertz CT molecular complexity index is 1640. The van der Waals surface area contributed by atoms with Gasteiger partial charge >= 0.3 is 0 Å². The third-order valence-electron chi connectivity index (χ3n) is 5.78. The molecule has 0 bridgehead atoms. The number of aliphatic hydroxyl groups is 1.